The molecule has 4 aromatic carbocycles. The Bertz CT molecular complexity index is 4310. The van der Waals surface area contributed by atoms with Crippen molar-refractivity contribution in [3.63, 3.8) is 0 Å². The molecule has 0 saturated carbocycles. The van der Waals surface area contributed by atoms with Gasteiger partial charge >= 0.3 is 5.97 Å². The number of aliphatic hydroxyl groups excluding tert-OH is 3. The van der Waals surface area contributed by atoms with Gasteiger partial charge in [-0.1, -0.05) is 89.9 Å². The highest BCUT2D eigenvalue weighted by Gasteiger charge is 2.43. The molecular weight excluding hydrogens is 1470 g/mol. The number of aromatic amines is 2. The van der Waals surface area contributed by atoms with E-state index in [0.29, 0.717) is 68.7 Å². The fourth-order valence-corrected chi connectivity index (χ4v) is 11.9. The first-order valence-corrected chi connectivity index (χ1v) is 36.5. The molecule has 10 atom stereocenters. The van der Waals surface area contributed by atoms with Gasteiger partial charge in [-0.3, -0.25) is 57.5 Å². The van der Waals surface area contributed by atoms with Crippen LogP contribution in [0.4, 0.5) is 4.39 Å². The van der Waals surface area contributed by atoms with Gasteiger partial charge in [0.15, 0.2) is 5.82 Å². The molecule has 6 aromatic rings. The molecule has 0 fully saturated rings. The van der Waals surface area contributed by atoms with Gasteiger partial charge in [-0.2, -0.15) is 0 Å². The molecule has 0 radical (unpaired) electrons. The number of aryl methyl sites for hydroxylation is 4. The lowest BCUT2D eigenvalue weighted by Crippen LogP contribution is -2.67. The van der Waals surface area contributed by atoms with Crippen LogP contribution in [0.2, 0.25) is 0 Å². The van der Waals surface area contributed by atoms with E-state index in [1.165, 1.54) is 38.4 Å². The second-order valence-electron chi connectivity index (χ2n) is 28.0. The Morgan fingerprint density at radius 2 is 1.33 bits per heavy atom. The number of carbonyl (C=O) groups is 12. The largest absolute Gasteiger partial charge is 0.494 e. The first kappa shape index (κ1) is 89.6. The molecule has 18 N–H and O–H groups in total. The van der Waals surface area contributed by atoms with Crippen LogP contribution in [0.5, 0.6) is 5.75 Å². The predicted molar refractivity (Wildman–Crippen MR) is 405 cm³/mol. The molecule has 2 aromatic heterocycles. The van der Waals surface area contributed by atoms with Crippen LogP contribution in [0.15, 0.2) is 103 Å². The van der Waals surface area contributed by atoms with Gasteiger partial charge < -0.3 is 89.0 Å². The number of aromatic nitrogens is 6. The number of ether oxygens (including phenoxy) is 1. The van der Waals surface area contributed by atoms with Crippen LogP contribution in [-0.4, -0.2) is 215 Å². The van der Waals surface area contributed by atoms with Crippen molar-refractivity contribution in [1.29, 1.82) is 0 Å². The summed E-state index contributed by atoms with van der Waals surface area (Å²) in [4.78, 5) is 176. The topological polar surface area (TPSA) is 573 Å². The maximum Gasteiger partial charge on any atom is 0.305 e. The lowest BCUT2D eigenvalue weighted by Gasteiger charge is -2.34. The number of H-pyrrole nitrogens is 2. The molecule has 0 aliphatic heterocycles. The summed E-state index contributed by atoms with van der Waals surface area (Å²) in [7, 11) is 0. The third-order valence-electron chi connectivity index (χ3n) is 18.2. The Morgan fingerprint density at radius 3 is 1.95 bits per heavy atom. The number of aliphatic carboxylic acids is 1. The van der Waals surface area contributed by atoms with E-state index >= 15 is 4.39 Å². The fraction of sp³-hybridized carbons (Fsp3) is 0.467. The zero-order valence-corrected chi connectivity index (χ0v) is 63.9. The van der Waals surface area contributed by atoms with Crippen molar-refractivity contribution in [2.24, 2.45) is 16.3 Å². The normalized spacial score (nSPS) is 14.1. The number of benzene rings is 4. The molecule has 113 heavy (non-hydrogen) atoms. The zero-order chi connectivity index (χ0) is 83.1. The van der Waals surface area contributed by atoms with Crippen molar-refractivity contribution in [3.05, 3.63) is 159 Å². The summed E-state index contributed by atoms with van der Waals surface area (Å²) in [5.41, 5.74) is 16.8. The minimum atomic E-state index is -2.41. The second kappa shape index (κ2) is 43.4. The first-order chi connectivity index (χ1) is 53.6. The van der Waals surface area contributed by atoms with Gasteiger partial charge in [0.2, 0.25) is 65.0 Å². The summed E-state index contributed by atoms with van der Waals surface area (Å²) >= 11 is 0. The number of azide groups is 1. The first-order valence-electron chi connectivity index (χ1n) is 36.5. The number of unbranched alkanes of at least 4 members (excludes halogenated alkanes) is 1. The van der Waals surface area contributed by atoms with Crippen LogP contribution in [0.25, 0.3) is 21.6 Å². The van der Waals surface area contributed by atoms with Gasteiger partial charge in [0, 0.05) is 55.6 Å². The maximum absolute atomic E-state index is 15.5. The van der Waals surface area contributed by atoms with Crippen LogP contribution in [0.3, 0.4) is 0 Å². The number of carboxylic acid groups (broad SMARTS) is 1. The average Bonchev–Trinajstić information content (AvgIpc) is 1.38. The van der Waals surface area contributed by atoms with E-state index in [2.05, 4.69) is 93.8 Å². The number of hydrogen-bond donors (Lipinski definition) is 17. The highest BCUT2D eigenvalue weighted by atomic mass is 19.1. The standard InChI is InChI=1S/C75H99FN20O17/c1-9-47-33-51(113-28-13-12-26-83-94-78)23-24-52(47)48-21-19-45(20-22-48)32-55(66(105)84-54(64(77)103)18-14-15-46-30-41(2)29-42(3)31-46)85-67(106)57(35-61(101)102)86-68(107)58(39-97)87-69(108)62(43(4)98)90-73(112)75(8,36-49-16-10-11-17-53(49)76)91-70(109)63(44(5)99)89-60(100)38-81-65(104)56(34-59-92-95-96-93-59)88-72(111)74(6,7)71(110)80-27-25-50-37-79-40-82-50/h10-11,16-17,19-24,29-31,33,37,40,43-44,54-58,62-63,97-99H,9,12-15,18,25-28,32,34-36,38-39H2,1-8H3,(H2,77,103)(H,79,82)(H,80,110)(H,81,104)(H,84,105)(H,85,106)(H,86,107)(H,87,108)(H,88,111)(H,89,100)(H,90,112)(H,91,109)(H,101,102)(H,92,93,95,96)/t43-,44-,54+,55+,56+,57+,58+,62+,63+,75?/m1/s1. The van der Waals surface area contributed by atoms with Crippen LogP contribution in [0, 0.1) is 25.1 Å². The number of primary amides is 1. The van der Waals surface area contributed by atoms with Gasteiger partial charge in [0.05, 0.1) is 44.7 Å². The quantitative estimate of drug-likeness (QED) is 0.00781. The number of rotatable bonds is 46. The number of amides is 11. The smallest absolute Gasteiger partial charge is 0.305 e. The second-order valence-corrected chi connectivity index (χ2v) is 28.0. The molecule has 0 spiro atoms. The molecule has 2 heterocycles. The van der Waals surface area contributed by atoms with Crippen LogP contribution < -0.4 is 63.6 Å². The number of carbonyl (C=O) groups excluding carboxylic acids is 11. The number of aliphatic hydroxyl groups is 3. The van der Waals surface area contributed by atoms with Crippen LogP contribution in [0.1, 0.15) is 119 Å². The Balaban J connectivity index is 1.17. The average molecular weight is 1570 g/mol. The van der Waals surface area contributed by atoms with E-state index in [4.69, 9.17) is 16.0 Å². The van der Waals surface area contributed by atoms with Crippen LogP contribution >= 0.6 is 0 Å². The number of nitrogens with zero attached hydrogens (tertiary/aromatic N) is 7. The van der Waals surface area contributed by atoms with Crippen molar-refractivity contribution < 1.29 is 87.1 Å². The molecule has 608 valence electrons. The number of hydrogen-bond acceptors (Lipinski definition) is 21. The van der Waals surface area contributed by atoms with Crippen molar-refractivity contribution in [2.45, 2.75) is 186 Å². The molecule has 0 aliphatic carbocycles. The van der Waals surface area contributed by atoms with Gasteiger partial charge in [0.25, 0.3) is 0 Å². The van der Waals surface area contributed by atoms with Crippen molar-refractivity contribution >= 4 is 70.9 Å². The van der Waals surface area contributed by atoms with E-state index in [1.807, 2.05) is 57.2 Å². The number of nitrogens with two attached hydrogens (primary N) is 1. The number of nitrogens with one attached hydrogen (secondary N) is 12. The number of carboxylic acids is 1. The summed E-state index contributed by atoms with van der Waals surface area (Å²) in [6.45, 7) is 10.3. The van der Waals surface area contributed by atoms with Gasteiger partial charge in [-0.25, -0.2) is 14.5 Å². The van der Waals surface area contributed by atoms with Gasteiger partial charge in [-0.05, 0) is 155 Å². The summed E-state index contributed by atoms with van der Waals surface area (Å²) < 4.78 is 21.5. The zero-order valence-electron chi connectivity index (χ0n) is 63.9. The van der Waals surface area contributed by atoms with Crippen LogP contribution in [-0.2, 0) is 96.1 Å². The van der Waals surface area contributed by atoms with E-state index < -0.39 is 168 Å². The van der Waals surface area contributed by atoms with Crippen molar-refractivity contribution in [2.75, 3.05) is 32.8 Å². The number of imidazole rings is 1. The molecule has 0 saturated heterocycles. The number of halogens is 1. The Hall–Kier alpha value is -12.3. The van der Waals surface area contributed by atoms with E-state index in [1.54, 1.807) is 30.5 Å². The fourth-order valence-electron chi connectivity index (χ4n) is 11.9. The highest BCUT2D eigenvalue weighted by Crippen LogP contribution is 2.29. The van der Waals surface area contributed by atoms with Crippen molar-refractivity contribution in [1.82, 2.24) is 83.8 Å². The third-order valence-corrected chi connectivity index (χ3v) is 18.2. The molecule has 0 bridgehead atoms. The number of tetrazole rings is 1. The molecule has 11 amide bonds. The molecule has 1 unspecified atom stereocenters. The summed E-state index contributed by atoms with van der Waals surface area (Å²) in [5.74, 6) is -14.2. The van der Waals surface area contributed by atoms with E-state index in [0.717, 1.165) is 60.2 Å². The molecule has 0 aliphatic rings. The van der Waals surface area contributed by atoms with E-state index in [-0.39, 0.29) is 37.2 Å². The molecule has 37 nitrogen and oxygen atoms in total. The Labute approximate surface area is 649 Å². The Morgan fingerprint density at radius 1 is 0.681 bits per heavy atom. The van der Waals surface area contributed by atoms with Crippen molar-refractivity contribution in [3.8, 4) is 16.9 Å². The summed E-state index contributed by atoms with van der Waals surface area (Å²) in [6.07, 6.45) is -0.0109. The van der Waals surface area contributed by atoms with E-state index in [9.17, 15) is 78.0 Å². The Kier molecular flexibility index (Phi) is 34.4. The summed E-state index contributed by atoms with van der Waals surface area (Å²) in [5, 5.41) is 83.2. The van der Waals surface area contributed by atoms with Gasteiger partial charge in [-0.15, -0.1) is 5.10 Å². The molecule has 38 heteroatoms. The molecule has 6 rings (SSSR count). The SMILES string of the molecule is CCc1cc(OCCCCN=[N+]=[N-])ccc1-c1ccc(C[C@H](NC(=O)[C@H](CC(=O)O)NC(=O)[C@H](CO)NC(=O)[C@@H](NC(=O)C(C)(Cc2ccccc2F)NC(=O)[C@@H](NC(=O)CNC(=O)[C@H](Cc2nnn[nH]2)NC(=O)C(C)(C)C(=O)NCCc2cnc[nH]2)[C@@H](C)O)[C@@H](C)O)C(=O)N[C@@H](CCCc2cc(C)cc(C)c2)C(N)=O)cc1. The third kappa shape index (κ3) is 27.9. The predicted octanol–water partition coefficient (Wildman–Crippen LogP) is -0.0881. The monoisotopic (exact) mass is 1570 g/mol. The van der Waals surface area contributed by atoms with Gasteiger partial charge in [0.1, 0.15) is 64.8 Å². The highest BCUT2D eigenvalue weighted by molar-refractivity contribution is 6.06. The minimum Gasteiger partial charge on any atom is -0.494 e. The lowest BCUT2D eigenvalue weighted by atomic mass is 9.90. The molecular formula is C75H99FN20O17. The summed E-state index contributed by atoms with van der Waals surface area (Å²) in [6, 6.07) is 10.8. The maximum atomic E-state index is 15.5. The minimum absolute atomic E-state index is 0.00161. The lowest BCUT2D eigenvalue weighted by molar-refractivity contribution is -0.143.